The molecule has 0 saturated heterocycles. The van der Waals surface area contributed by atoms with E-state index in [1.54, 1.807) is 7.11 Å². The smallest absolute Gasteiger partial charge is 0.212 e. The van der Waals surface area contributed by atoms with Crippen molar-refractivity contribution in [2.45, 2.75) is 0 Å². The third-order valence-corrected chi connectivity index (χ3v) is 4.11. The lowest BCUT2D eigenvalue weighted by Crippen LogP contribution is -2.18. The van der Waals surface area contributed by atoms with E-state index in [-0.39, 0.29) is 0 Å². The Labute approximate surface area is 143 Å². The molecule has 5 nitrogen and oxygen atoms in total. The highest BCUT2D eigenvalue weighted by Gasteiger charge is 2.08. The van der Waals surface area contributed by atoms with Gasteiger partial charge in [-0.05, 0) is 48.6 Å². The van der Waals surface area contributed by atoms with E-state index in [2.05, 4.69) is 20.8 Å². The van der Waals surface area contributed by atoms with Crippen molar-refractivity contribution in [1.82, 2.24) is 10.2 Å². The van der Waals surface area contributed by atoms with E-state index in [1.807, 2.05) is 54.6 Å². The summed E-state index contributed by atoms with van der Waals surface area (Å²) in [5.74, 6) is 0.810. The van der Waals surface area contributed by atoms with Crippen LogP contribution in [0, 0.1) is 0 Å². The molecule has 3 rings (SSSR count). The van der Waals surface area contributed by atoms with Crippen molar-refractivity contribution in [3.8, 4) is 16.3 Å². The van der Waals surface area contributed by atoms with Crippen LogP contribution in [-0.4, -0.2) is 22.4 Å². The minimum Gasteiger partial charge on any atom is -0.497 e. The SMILES string of the molecule is COc1ccc(-c2nnc(NC(=S)Nc3ccccc3)s2)cc1. The topological polar surface area (TPSA) is 59.1 Å². The van der Waals surface area contributed by atoms with Crippen molar-refractivity contribution in [2.24, 2.45) is 0 Å². The number of methoxy groups -OCH3 is 1. The summed E-state index contributed by atoms with van der Waals surface area (Å²) in [6, 6.07) is 17.4. The second-order valence-electron chi connectivity index (χ2n) is 4.59. The van der Waals surface area contributed by atoms with E-state index in [0.29, 0.717) is 10.2 Å². The summed E-state index contributed by atoms with van der Waals surface area (Å²) in [7, 11) is 1.64. The van der Waals surface area contributed by atoms with Crippen LogP contribution in [0.15, 0.2) is 54.6 Å². The van der Waals surface area contributed by atoms with Gasteiger partial charge in [-0.3, -0.25) is 0 Å². The van der Waals surface area contributed by atoms with Crippen molar-refractivity contribution < 1.29 is 4.74 Å². The molecule has 0 aliphatic rings. The number of anilines is 2. The molecule has 0 fully saturated rings. The Balaban J connectivity index is 1.65. The second-order valence-corrected chi connectivity index (χ2v) is 5.97. The van der Waals surface area contributed by atoms with Gasteiger partial charge in [0.15, 0.2) is 5.11 Å². The number of benzene rings is 2. The van der Waals surface area contributed by atoms with Gasteiger partial charge in [-0.25, -0.2) is 0 Å². The quantitative estimate of drug-likeness (QED) is 0.698. The predicted molar refractivity (Wildman–Crippen MR) is 98.2 cm³/mol. The highest BCUT2D eigenvalue weighted by atomic mass is 32.1. The number of ether oxygens (including phenoxy) is 1. The van der Waals surface area contributed by atoms with Gasteiger partial charge in [0.05, 0.1) is 7.11 Å². The van der Waals surface area contributed by atoms with Crippen LogP contribution in [0.3, 0.4) is 0 Å². The molecule has 0 bridgehead atoms. The molecule has 0 atom stereocenters. The number of hydrogen-bond acceptors (Lipinski definition) is 5. The molecule has 0 radical (unpaired) electrons. The molecule has 2 N–H and O–H groups in total. The van der Waals surface area contributed by atoms with Crippen LogP contribution in [0.1, 0.15) is 0 Å². The zero-order valence-electron chi connectivity index (χ0n) is 12.3. The van der Waals surface area contributed by atoms with Crippen LogP contribution in [0.2, 0.25) is 0 Å². The number of rotatable bonds is 4. The van der Waals surface area contributed by atoms with E-state index in [9.17, 15) is 0 Å². The summed E-state index contributed by atoms with van der Waals surface area (Å²) in [5.41, 5.74) is 1.91. The first kappa shape index (κ1) is 15.4. The van der Waals surface area contributed by atoms with E-state index >= 15 is 0 Å². The van der Waals surface area contributed by atoms with E-state index in [0.717, 1.165) is 22.0 Å². The lowest BCUT2D eigenvalue weighted by molar-refractivity contribution is 0.415. The standard InChI is InChI=1S/C16H14N4OS2/c1-21-13-9-7-11(8-10-13)14-19-20-16(23-14)18-15(22)17-12-5-3-2-4-6-12/h2-10H,1H3,(H2,17,18,20,22). The van der Waals surface area contributed by atoms with E-state index < -0.39 is 0 Å². The van der Waals surface area contributed by atoms with Crippen LogP contribution >= 0.6 is 23.6 Å². The number of thiocarbonyl (C=S) groups is 1. The number of para-hydroxylation sites is 1. The molecule has 7 heteroatoms. The number of nitrogens with zero attached hydrogens (tertiary/aromatic N) is 2. The first-order valence-electron chi connectivity index (χ1n) is 6.85. The van der Waals surface area contributed by atoms with Gasteiger partial charge in [0.1, 0.15) is 10.8 Å². The third kappa shape index (κ3) is 4.02. The maximum absolute atomic E-state index is 5.28. The van der Waals surface area contributed by atoms with E-state index in [1.165, 1.54) is 11.3 Å². The zero-order valence-corrected chi connectivity index (χ0v) is 13.9. The maximum Gasteiger partial charge on any atom is 0.212 e. The van der Waals surface area contributed by atoms with Crippen molar-refractivity contribution >= 4 is 39.5 Å². The van der Waals surface area contributed by atoms with Gasteiger partial charge < -0.3 is 15.4 Å². The van der Waals surface area contributed by atoms with Gasteiger partial charge in [-0.2, -0.15) is 0 Å². The molecule has 0 spiro atoms. The van der Waals surface area contributed by atoms with E-state index in [4.69, 9.17) is 17.0 Å². The molecule has 3 aromatic rings. The van der Waals surface area contributed by atoms with Crippen LogP contribution in [-0.2, 0) is 0 Å². The number of nitrogens with one attached hydrogen (secondary N) is 2. The van der Waals surface area contributed by atoms with Crippen LogP contribution in [0.25, 0.3) is 10.6 Å². The Morgan fingerprint density at radius 2 is 1.74 bits per heavy atom. The minimum atomic E-state index is 0.480. The molecular weight excluding hydrogens is 328 g/mol. The van der Waals surface area contributed by atoms with Gasteiger partial charge in [0.2, 0.25) is 5.13 Å². The van der Waals surface area contributed by atoms with Crippen LogP contribution < -0.4 is 15.4 Å². The number of hydrogen-bond donors (Lipinski definition) is 2. The molecule has 2 aromatic carbocycles. The molecule has 116 valence electrons. The second kappa shape index (κ2) is 7.17. The largest absolute Gasteiger partial charge is 0.497 e. The Bertz CT molecular complexity index is 787. The normalized spacial score (nSPS) is 10.1. The van der Waals surface area contributed by atoms with Gasteiger partial charge in [-0.1, -0.05) is 29.5 Å². The first-order valence-corrected chi connectivity index (χ1v) is 8.08. The third-order valence-electron chi connectivity index (χ3n) is 3.01. The summed E-state index contributed by atoms with van der Waals surface area (Å²) >= 11 is 6.71. The summed E-state index contributed by atoms with van der Waals surface area (Å²) in [4.78, 5) is 0. The molecule has 1 aromatic heterocycles. The molecule has 0 saturated carbocycles. The maximum atomic E-state index is 5.28. The summed E-state index contributed by atoms with van der Waals surface area (Å²) in [6.45, 7) is 0. The summed E-state index contributed by atoms with van der Waals surface area (Å²) in [6.07, 6.45) is 0. The van der Waals surface area contributed by atoms with Crippen LogP contribution in [0.5, 0.6) is 5.75 Å². The predicted octanol–water partition coefficient (Wildman–Crippen LogP) is 4.02. The Morgan fingerprint density at radius 1 is 1.00 bits per heavy atom. The van der Waals surface area contributed by atoms with Crippen molar-refractivity contribution in [2.75, 3.05) is 17.7 Å². The lowest BCUT2D eigenvalue weighted by atomic mass is 10.2. The lowest BCUT2D eigenvalue weighted by Gasteiger charge is -2.07. The first-order chi connectivity index (χ1) is 11.2. The van der Waals surface area contributed by atoms with Gasteiger partial charge in [0, 0.05) is 11.3 Å². The summed E-state index contributed by atoms with van der Waals surface area (Å²) in [5, 5.41) is 16.4. The zero-order chi connectivity index (χ0) is 16.1. The molecule has 0 unspecified atom stereocenters. The van der Waals surface area contributed by atoms with Gasteiger partial charge in [-0.15, -0.1) is 10.2 Å². The molecule has 0 amide bonds. The van der Waals surface area contributed by atoms with Gasteiger partial charge in [0.25, 0.3) is 0 Å². The minimum absolute atomic E-state index is 0.480. The van der Waals surface area contributed by atoms with Crippen LogP contribution in [0.4, 0.5) is 10.8 Å². The fourth-order valence-electron chi connectivity index (χ4n) is 1.90. The highest BCUT2D eigenvalue weighted by molar-refractivity contribution is 7.80. The van der Waals surface area contributed by atoms with Crippen molar-refractivity contribution in [1.29, 1.82) is 0 Å². The molecule has 1 heterocycles. The average molecular weight is 342 g/mol. The fourth-order valence-corrected chi connectivity index (χ4v) is 2.94. The Morgan fingerprint density at radius 3 is 2.43 bits per heavy atom. The molecule has 0 aliphatic carbocycles. The fraction of sp³-hybridized carbons (Fsp3) is 0.0625. The monoisotopic (exact) mass is 342 g/mol. The molecule has 23 heavy (non-hydrogen) atoms. The molecule has 0 aliphatic heterocycles. The highest BCUT2D eigenvalue weighted by Crippen LogP contribution is 2.27. The average Bonchev–Trinajstić information content (AvgIpc) is 3.04. The van der Waals surface area contributed by atoms with Crippen molar-refractivity contribution in [3.63, 3.8) is 0 Å². The Hall–Kier alpha value is -2.51. The summed E-state index contributed by atoms with van der Waals surface area (Å²) < 4.78 is 5.15. The number of aromatic nitrogens is 2. The molecular formula is C16H14N4OS2. The van der Waals surface area contributed by atoms with Crippen molar-refractivity contribution in [3.05, 3.63) is 54.6 Å². The Kier molecular flexibility index (Phi) is 4.80. The van der Waals surface area contributed by atoms with Gasteiger partial charge >= 0.3 is 0 Å².